The maximum absolute atomic E-state index is 5.71. The van der Waals surface area contributed by atoms with Crippen LogP contribution in [0.25, 0.3) is 0 Å². The fourth-order valence-corrected chi connectivity index (χ4v) is 11.5. The van der Waals surface area contributed by atoms with Gasteiger partial charge in [0.15, 0.2) is 0 Å². The van der Waals surface area contributed by atoms with Crippen molar-refractivity contribution in [3.63, 3.8) is 0 Å². The molecular weight excluding hydrogens is 1030 g/mol. The van der Waals surface area contributed by atoms with Crippen LogP contribution in [0.5, 0.6) is 0 Å². The third kappa shape index (κ3) is 41.8. The molecule has 0 N–H and O–H groups in total. The SMILES string of the molecule is CC(C)CCc1ccc(CCC(C)C)cc1.CC(C)Cc1ccc(CC(C)C)cc1.CC(C)Cc1ccc(CC(C)C)o1.CC(C)Cc1ccc(CC(C)C)s1.CC(C)Cc1cccc(CC(C)C)c1.CC(C)Cc1ccccc1CC(C)C. The molecule has 0 atom stereocenters. The molecule has 2 heteroatoms. The van der Waals surface area contributed by atoms with Crippen LogP contribution in [0.4, 0.5) is 0 Å². The van der Waals surface area contributed by atoms with E-state index in [9.17, 15) is 0 Å². The maximum Gasteiger partial charge on any atom is 0.104 e. The molecule has 0 radical (unpaired) electrons. The Bertz CT molecular complexity index is 2260. The summed E-state index contributed by atoms with van der Waals surface area (Å²) in [6, 6.07) is 45.0. The van der Waals surface area contributed by atoms with E-state index in [0.717, 1.165) is 83.5 Å². The molecular formula is C82H132OS. The minimum Gasteiger partial charge on any atom is -0.466 e. The van der Waals surface area contributed by atoms with Crippen molar-refractivity contribution in [1.29, 1.82) is 0 Å². The number of furan rings is 1. The smallest absolute Gasteiger partial charge is 0.104 e. The number of hydrogen-bond donors (Lipinski definition) is 0. The third-order valence-corrected chi connectivity index (χ3v) is 15.0. The lowest BCUT2D eigenvalue weighted by Crippen LogP contribution is -2.02. The highest BCUT2D eigenvalue weighted by atomic mass is 32.1. The largest absolute Gasteiger partial charge is 0.466 e. The molecule has 2 heterocycles. The van der Waals surface area contributed by atoms with E-state index >= 15 is 0 Å². The number of benzene rings is 4. The zero-order valence-electron chi connectivity index (χ0n) is 59.2. The Kier molecular flexibility index (Phi) is 41.1. The van der Waals surface area contributed by atoms with Gasteiger partial charge in [-0.25, -0.2) is 0 Å². The summed E-state index contributed by atoms with van der Waals surface area (Å²) in [6.07, 6.45) is 16.8. The van der Waals surface area contributed by atoms with Crippen LogP contribution >= 0.6 is 11.3 Å². The first-order chi connectivity index (χ1) is 39.5. The summed E-state index contributed by atoms with van der Waals surface area (Å²) in [5.41, 5.74) is 12.0. The van der Waals surface area contributed by atoms with E-state index in [1.54, 1.807) is 9.75 Å². The molecule has 0 bridgehead atoms. The molecule has 0 fully saturated rings. The Balaban J connectivity index is 0.000000505. The van der Waals surface area contributed by atoms with Gasteiger partial charge in [0.1, 0.15) is 11.5 Å². The van der Waals surface area contributed by atoms with Crippen LogP contribution in [0.15, 0.2) is 126 Å². The second kappa shape index (κ2) is 44.3. The Morgan fingerprint density at radius 1 is 0.250 bits per heavy atom. The van der Waals surface area contributed by atoms with Gasteiger partial charge in [0, 0.05) is 22.6 Å². The Morgan fingerprint density at radius 3 is 0.821 bits per heavy atom. The van der Waals surface area contributed by atoms with Crippen molar-refractivity contribution in [2.45, 2.75) is 256 Å². The second-order valence-corrected chi connectivity index (χ2v) is 31.1. The van der Waals surface area contributed by atoms with Crippen molar-refractivity contribution in [1.82, 2.24) is 0 Å². The molecule has 472 valence electrons. The first-order valence-electron chi connectivity index (χ1n) is 33.9. The highest BCUT2D eigenvalue weighted by Crippen LogP contribution is 2.23. The number of aryl methyl sites for hydroxylation is 2. The molecule has 0 spiro atoms. The summed E-state index contributed by atoms with van der Waals surface area (Å²) in [5, 5.41) is 0. The van der Waals surface area contributed by atoms with Crippen LogP contribution in [0, 0.1) is 71.0 Å². The molecule has 84 heavy (non-hydrogen) atoms. The van der Waals surface area contributed by atoms with Crippen molar-refractivity contribution >= 4 is 11.3 Å². The Morgan fingerprint density at radius 2 is 0.536 bits per heavy atom. The molecule has 4 aromatic carbocycles. The normalized spacial score (nSPS) is 11.4. The van der Waals surface area contributed by atoms with E-state index < -0.39 is 0 Å². The zero-order chi connectivity index (χ0) is 63.3. The lowest BCUT2D eigenvalue weighted by molar-refractivity contribution is 0.421. The molecule has 1 nitrogen and oxygen atoms in total. The number of thiophene rings is 1. The lowest BCUT2D eigenvalue weighted by Gasteiger charge is -2.13. The van der Waals surface area contributed by atoms with E-state index in [1.807, 2.05) is 11.3 Å². The minimum absolute atomic E-state index is 0.679. The van der Waals surface area contributed by atoms with Crippen molar-refractivity contribution in [2.75, 3.05) is 0 Å². The first kappa shape index (κ1) is 77.9. The summed E-state index contributed by atoms with van der Waals surface area (Å²) in [7, 11) is 0. The highest BCUT2D eigenvalue weighted by molar-refractivity contribution is 7.12. The van der Waals surface area contributed by atoms with Gasteiger partial charge in [-0.05, 0) is 217 Å². The maximum atomic E-state index is 5.71. The van der Waals surface area contributed by atoms with E-state index in [4.69, 9.17) is 4.42 Å². The van der Waals surface area contributed by atoms with Crippen molar-refractivity contribution in [2.24, 2.45) is 71.0 Å². The predicted octanol–water partition coefficient (Wildman–Crippen LogP) is 24.9. The quantitative estimate of drug-likeness (QED) is 0.0528. The fraction of sp³-hybridized carbons (Fsp3) is 0.610. The third-order valence-electron chi connectivity index (χ3n) is 13.9. The lowest BCUT2D eigenvalue weighted by atomic mass is 9.93. The first-order valence-corrected chi connectivity index (χ1v) is 34.7. The fourth-order valence-electron chi connectivity index (χ4n) is 10.1. The summed E-state index contributed by atoms with van der Waals surface area (Å²) in [4.78, 5) is 3.09. The van der Waals surface area contributed by atoms with Crippen LogP contribution in [0.1, 0.15) is 245 Å². The molecule has 0 unspecified atom stereocenters. The molecule has 0 saturated carbocycles. The zero-order valence-corrected chi connectivity index (χ0v) is 60.0. The molecule has 0 amide bonds. The van der Waals surface area contributed by atoms with Gasteiger partial charge in [0.2, 0.25) is 0 Å². The van der Waals surface area contributed by atoms with Gasteiger partial charge in [-0.15, -0.1) is 11.3 Å². The van der Waals surface area contributed by atoms with Crippen molar-refractivity contribution in [3.8, 4) is 0 Å². The monoisotopic (exact) mass is 1160 g/mol. The Hall–Kier alpha value is -4.14. The van der Waals surface area contributed by atoms with Gasteiger partial charge in [0.25, 0.3) is 0 Å². The van der Waals surface area contributed by atoms with Gasteiger partial charge in [-0.2, -0.15) is 0 Å². The summed E-state index contributed by atoms with van der Waals surface area (Å²) >= 11 is 1.99. The standard InChI is InChI=1S/C16H26.3C14H22.C12H20O.C12H20S/c1-13(2)5-7-15-9-11-16(12-10-15)8-6-14(3)4;1-11(2)9-13-5-7-14(8-6-13)10-12(3)4;1-11(2)8-13-6-5-7-14(10-13)9-12(3)4;1-11(2)9-13-7-5-6-8-14(13)10-12(3)4;2*1-9(2)7-11-5-6-12(13-11)8-10(3)4/h9-14H,5-8H2,1-4H3;5-8,11-12H,9-10H2,1-4H3;5-7,10-12H,8-9H2,1-4H3;5-8,11-12H,9-10H2,1-4H3;2*5-6,9-10H,7-8H2,1-4H3. The summed E-state index contributed by atoms with van der Waals surface area (Å²) < 4.78 is 5.71. The van der Waals surface area contributed by atoms with Gasteiger partial charge in [-0.3, -0.25) is 0 Å². The van der Waals surface area contributed by atoms with Gasteiger partial charge >= 0.3 is 0 Å². The average Bonchev–Trinajstić information content (AvgIpc) is 4.17. The van der Waals surface area contributed by atoms with E-state index in [2.05, 4.69) is 287 Å². The summed E-state index contributed by atoms with van der Waals surface area (Å²) in [6.45, 7) is 54.4. The molecule has 0 saturated heterocycles. The minimum atomic E-state index is 0.679. The molecule has 6 rings (SSSR count). The molecule has 6 aromatic rings. The van der Waals surface area contributed by atoms with Gasteiger partial charge in [-0.1, -0.05) is 263 Å². The molecule has 0 aliphatic rings. The Labute approximate surface area is 526 Å². The number of rotatable bonds is 26. The molecule has 0 aliphatic heterocycles. The van der Waals surface area contributed by atoms with Crippen LogP contribution in [-0.2, 0) is 77.0 Å². The average molecular weight is 1170 g/mol. The van der Waals surface area contributed by atoms with Crippen molar-refractivity contribution < 1.29 is 4.42 Å². The van der Waals surface area contributed by atoms with E-state index in [1.165, 1.54) is 122 Å². The van der Waals surface area contributed by atoms with E-state index in [0.29, 0.717) is 11.8 Å². The van der Waals surface area contributed by atoms with E-state index in [-0.39, 0.29) is 0 Å². The second-order valence-electron chi connectivity index (χ2n) is 29.8. The van der Waals surface area contributed by atoms with Gasteiger partial charge < -0.3 is 4.42 Å². The van der Waals surface area contributed by atoms with Crippen LogP contribution in [-0.4, -0.2) is 0 Å². The van der Waals surface area contributed by atoms with Gasteiger partial charge in [0.05, 0.1) is 0 Å². The molecule has 2 aromatic heterocycles. The number of hydrogen-bond acceptors (Lipinski definition) is 2. The van der Waals surface area contributed by atoms with Crippen LogP contribution in [0.3, 0.4) is 0 Å². The van der Waals surface area contributed by atoms with Crippen LogP contribution in [0.2, 0.25) is 0 Å². The summed E-state index contributed by atoms with van der Waals surface area (Å²) in [5.74, 6) is 11.3. The topological polar surface area (TPSA) is 13.1 Å². The van der Waals surface area contributed by atoms with Crippen molar-refractivity contribution in [3.05, 3.63) is 187 Å². The van der Waals surface area contributed by atoms with Crippen LogP contribution < -0.4 is 0 Å². The molecule has 0 aliphatic carbocycles. The highest BCUT2D eigenvalue weighted by Gasteiger charge is 2.09. The predicted molar refractivity (Wildman–Crippen MR) is 381 cm³/mol.